The van der Waals surface area contributed by atoms with Crippen molar-refractivity contribution in [2.24, 2.45) is 0 Å². The molecule has 1 aliphatic rings. The first-order valence-corrected chi connectivity index (χ1v) is 7.99. The molecule has 102 valence electrons. The van der Waals surface area contributed by atoms with Gasteiger partial charge in [-0.3, -0.25) is 0 Å². The second-order valence-corrected chi connectivity index (χ2v) is 7.22. The molecule has 2 aromatic rings. The van der Waals surface area contributed by atoms with Crippen molar-refractivity contribution in [2.45, 2.75) is 13.0 Å². The average molecular weight is 280 g/mol. The number of anilines is 2. The maximum Gasteiger partial charge on any atom is 0.204 e. The summed E-state index contributed by atoms with van der Waals surface area (Å²) in [6.07, 6.45) is 0. The largest absolute Gasteiger partial charge is 0.399 e. The molecule has 3 N–H and O–H groups in total. The third kappa shape index (κ3) is 2.25. The molecule has 7 heteroatoms. The van der Waals surface area contributed by atoms with Gasteiger partial charge in [-0.05, 0) is 25.1 Å². The van der Waals surface area contributed by atoms with Gasteiger partial charge in [0.25, 0.3) is 0 Å². The van der Waals surface area contributed by atoms with E-state index in [9.17, 15) is 8.42 Å². The first-order chi connectivity index (χ1) is 8.94. The molecule has 0 aliphatic carbocycles. The number of benzene rings is 1. The predicted octanol–water partition coefficient (Wildman–Crippen LogP) is 0.768. The minimum atomic E-state index is -2.91. The summed E-state index contributed by atoms with van der Waals surface area (Å²) in [6, 6.07) is 5.42. The molecule has 6 nitrogen and oxygen atoms in total. The summed E-state index contributed by atoms with van der Waals surface area (Å²) in [5.74, 6) is 1.06. The second kappa shape index (κ2) is 4.12. The highest BCUT2D eigenvalue weighted by atomic mass is 32.2. The van der Waals surface area contributed by atoms with Crippen molar-refractivity contribution in [1.29, 1.82) is 0 Å². The summed E-state index contributed by atoms with van der Waals surface area (Å²) in [5.41, 5.74) is 8.12. The Kier molecular flexibility index (Phi) is 2.67. The first kappa shape index (κ1) is 12.3. The van der Waals surface area contributed by atoms with E-state index in [1.54, 1.807) is 6.07 Å². The lowest BCUT2D eigenvalue weighted by Crippen LogP contribution is -2.47. The smallest absolute Gasteiger partial charge is 0.204 e. The van der Waals surface area contributed by atoms with Gasteiger partial charge in [0.05, 0.1) is 22.5 Å². The van der Waals surface area contributed by atoms with Crippen molar-refractivity contribution in [2.75, 3.05) is 28.7 Å². The summed E-state index contributed by atoms with van der Waals surface area (Å²) < 4.78 is 23.2. The number of aromatic amines is 1. The molecule has 0 bridgehead atoms. The van der Waals surface area contributed by atoms with Gasteiger partial charge in [-0.25, -0.2) is 13.4 Å². The molecule has 0 saturated carbocycles. The number of hydrogen-bond acceptors (Lipinski definition) is 5. The van der Waals surface area contributed by atoms with Gasteiger partial charge < -0.3 is 15.6 Å². The number of sulfone groups is 1. The van der Waals surface area contributed by atoms with E-state index in [0.717, 1.165) is 11.0 Å². The SMILES string of the molecule is CC1CS(=O)(=O)CCN1c1nc2ccc(N)cc2[nH]1. The summed E-state index contributed by atoms with van der Waals surface area (Å²) in [6.45, 7) is 2.37. The first-order valence-electron chi connectivity index (χ1n) is 6.17. The summed E-state index contributed by atoms with van der Waals surface area (Å²) in [5, 5.41) is 0. The molecule has 0 amide bonds. The number of nitrogen functional groups attached to an aromatic ring is 1. The number of nitrogens with one attached hydrogen (secondary N) is 1. The van der Waals surface area contributed by atoms with Crippen LogP contribution in [-0.4, -0.2) is 42.5 Å². The molecule has 0 spiro atoms. The molecule has 1 saturated heterocycles. The van der Waals surface area contributed by atoms with Gasteiger partial charge in [0.2, 0.25) is 5.95 Å². The van der Waals surface area contributed by atoms with Crippen LogP contribution in [0.2, 0.25) is 0 Å². The Bertz CT molecular complexity index is 722. The van der Waals surface area contributed by atoms with Gasteiger partial charge >= 0.3 is 0 Å². The minimum Gasteiger partial charge on any atom is -0.399 e. The lowest BCUT2D eigenvalue weighted by molar-refractivity contribution is 0.566. The van der Waals surface area contributed by atoms with Crippen molar-refractivity contribution in [3.8, 4) is 0 Å². The molecule has 2 heterocycles. The number of fused-ring (bicyclic) bond motifs is 1. The van der Waals surface area contributed by atoms with Crippen LogP contribution in [0.25, 0.3) is 11.0 Å². The van der Waals surface area contributed by atoms with E-state index in [4.69, 9.17) is 5.73 Å². The summed E-state index contributed by atoms with van der Waals surface area (Å²) in [7, 11) is -2.91. The third-order valence-corrected chi connectivity index (χ3v) is 5.23. The number of nitrogens with zero attached hydrogens (tertiary/aromatic N) is 2. The van der Waals surface area contributed by atoms with Crippen molar-refractivity contribution in [3.05, 3.63) is 18.2 Å². The number of H-pyrrole nitrogens is 1. The zero-order valence-electron chi connectivity index (χ0n) is 10.6. The van der Waals surface area contributed by atoms with Crippen molar-refractivity contribution in [1.82, 2.24) is 9.97 Å². The Balaban J connectivity index is 1.96. The molecular weight excluding hydrogens is 264 g/mol. The lowest BCUT2D eigenvalue weighted by atomic mass is 10.3. The zero-order chi connectivity index (χ0) is 13.6. The van der Waals surface area contributed by atoms with Gasteiger partial charge in [-0.1, -0.05) is 0 Å². The molecule has 3 rings (SSSR count). The van der Waals surface area contributed by atoms with Gasteiger partial charge in [-0.15, -0.1) is 0 Å². The van der Waals surface area contributed by atoms with Crippen LogP contribution in [0.3, 0.4) is 0 Å². The van der Waals surface area contributed by atoms with E-state index in [0.29, 0.717) is 18.2 Å². The van der Waals surface area contributed by atoms with Crippen molar-refractivity contribution in [3.63, 3.8) is 0 Å². The number of hydrogen-bond donors (Lipinski definition) is 2. The fraction of sp³-hybridized carbons (Fsp3) is 0.417. The van der Waals surface area contributed by atoms with E-state index in [-0.39, 0.29) is 17.5 Å². The van der Waals surface area contributed by atoms with Crippen LogP contribution in [0.4, 0.5) is 11.6 Å². The van der Waals surface area contributed by atoms with Crippen LogP contribution in [0.1, 0.15) is 6.92 Å². The molecule has 1 unspecified atom stereocenters. The summed E-state index contributed by atoms with van der Waals surface area (Å²) >= 11 is 0. The summed E-state index contributed by atoms with van der Waals surface area (Å²) in [4.78, 5) is 9.70. The zero-order valence-corrected chi connectivity index (χ0v) is 11.4. The number of rotatable bonds is 1. The van der Waals surface area contributed by atoms with Crippen LogP contribution in [0.15, 0.2) is 18.2 Å². The average Bonchev–Trinajstić information content (AvgIpc) is 2.70. The molecule has 1 aromatic heterocycles. The van der Waals surface area contributed by atoms with Crippen LogP contribution >= 0.6 is 0 Å². The van der Waals surface area contributed by atoms with Crippen LogP contribution < -0.4 is 10.6 Å². The molecule has 1 aromatic carbocycles. The van der Waals surface area contributed by atoms with E-state index < -0.39 is 9.84 Å². The van der Waals surface area contributed by atoms with Gasteiger partial charge in [-0.2, -0.15) is 0 Å². The highest BCUT2D eigenvalue weighted by Gasteiger charge is 2.29. The molecule has 1 atom stereocenters. The Morgan fingerprint density at radius 2 is 2.26 bits per heavy atom. The fourth-order valence-electron chi connectivity index (χ4n) is 2.46. The van der Waals surface area contributed by atoms with Crippen molar-refractivity contribution >= 4 is 32.5 Å². The Morgan fingerprint density at radius 1 is 1.47 bits per heavy atom. The van der Waals surface area contributed by atoms with Gasteiger partial charge in [0, 0.05) is 18.3 Å². The molecule has 1 fully saturated rings. The Labute approximate surface area is 111 Å². The Hall–Kier alpha value is -1.76. The molecule has 0 radical (unpaired) electrons. The number of imidazole rings is 1. The van der Waals surface area contributed by atoms with Crippen LogP contribution in [0, 0.1) is 0 Å². The topological polar surface area (TPSA) is 92.1 Å². The predicted molar refractivity (Wildman–Crippen MR) is 76.0 cm³/mol. The highest BCUT2D eigenvalue weighted by Crippen LogP contribution is 2.23. The molecular formula is C12H16N4O2S. The van der Waals surface area contributed by atoms with E-state index in [2.05, 4.69) is 9.97 Å². The fourth-order valence-corrected chi connectivity index (χ4v) is 4.02. The third-order valence-electron chi connectivity index (χ3n) is 3.44. The van der Waals surface area contributed by atoms with Gasteiger partial charge in [0.15, 0.2) is 9.84 Å². The van der Waals surface area contributed by atoms with Crippen molar-refractivity contribution < 1.29 is 8.42 Å². The lowest BCUT2D eigenvalue weighted by Gasteiger charge is -2.32. The minimum absolute atomic E-state index is 0.0725. The maximum absolute atomic E-state index is 11.6. The monoisotopic (exact) mass is 280 g/mol. The highest BCUT2D eigenvalue weighted by molar-refractivity contribution is 7.91. The molecule has 1 aliphatic heterocycles. The second-order valence-electron chi connectivity index (χ2n) is 4.99. The maximum atomic E-state index is 11.6. The normalized spacial score (nSPS) is 22.8. The molecule has 19 heavy (non-hydrogen) atoms. The van der Waals surface area contributed by atoms with E-state index in [1.165, 1.54) is 0 Å². The van der Waals surface area contributed by atoms with Crippen LogP contribution in [-0.2, 0) is 9.84 Å². The van der Waals surface area contributed by atoms with E-state index in [1.807, 2.05) is 24.0 Å². The number of nitrogens with two attached hydrogens (primary N) is 1. The standard InChI is InChI=1S/C12H16N4O2S/c1-8-7-19(17,18)5-4-16(8)12-14-10-3-2-9(13)6-11(10)15-12/h2-3,6,8H,4-5,7,13H2,1H3,(H,14,15). The number of aromatic nitrogens is 2. The quantitative estimate of drug-likeness (QED) is 0.753. The Morgan fingerprint density at radius 3 is 3.00 bits per heavy atom. The van der Waals surface area contributed by atoms with E-state index >= 15 is 0 Å². The van der Waals surface area contributed by atoms with Crippen LogP contribution in [0.5, 0.6) is 0 Å². The van der Waals surface area contributed by atoms with Gasteiger partial charge in [0.1, 0.15) is 0 Å².